The zero-order valence-corrected chi connectivity index (χ0v) is 12.9. The largest absolute Gasteiger partial charge is 0.480 e. The fourth-order valence-electron chi connectivity index (χ4n) is 2.65. The van der Waals surface area contributed by atoms with Gasteiger partial charge in [0.15, 0.2) is 0 Å². The lowest BCUT2D eigenvalue weighted by Gasteiger charge is -2.37. The maximum atomic E-state index is 11.8. The molecule has 1 rings (SSSR count). The van der Waals surface area contributed by atoms with Gasteiger partial charge in [0.2, 0.25) is 0 Å². The molecule has 6 nitrogen and oxygen atoms in total. The van der Waals surface area contributed by atoms with Crippen molar-refractivity contribution in [1.82, 2.24) is 10.6 Å². The van der Waals surface area contributed by atoms with E-state index in [1.165, 1.54) is 0 Å². The van der Waals surface area contributed by atoms with Gasteiger partial charge < -0.3 is 15.7 Å². The van der Waals surface area contributed by atoms with Gasteiger partial charge in [-0.3, -0.25) is 4.21 Å². The molecule has 3 N–H and O–H groups in total. The Morgan fingerprint density at radius 1 is 1.45 bits per heavy atom. The first kappa shape index (κ1) is 16.9. The van der Waals surface area contributed by atoms with Gasteiger partial charge >= 0.3 is 12.0 Å². The molecule has 0 aromatic rings. The molecule has 0 saturated heterocycles. The molecule has 3 unspecified atom stereocenters. The zero-order chi connectivity index (χ0) is 15.2. The maximum Gasteiger partial charge on any atom is 0.329 e. The van der Waals surface area contributed by atoms with Crippen LogP contribution < -0.4 is 10.6 Å². The Balaban J connectivity index is 2.47. The SMILES string of the molecule is CC1CCCC(NC(=O)NCCCS(C)=O)(C(=O)O)C1. The highest BCUT2D eigenvalue weighted by Gasteiger charge is 2.43. The first-order valence-electron chi connectivity index (χ1n) is 6.95. The minimum atomic E-state index is -1.14. The van der Waals surface area contributed by atoms with E-state index in [4.69, 9.17) is 0 Å². The predicted octanol–water partition coefficient (Wildman–Crippen LogP) is 1.09. The molecular formula is C13H24N2O4S. The second kappa shape index (κ2) is 7.61. The molecular weight excluding hydrogens is 280 g/mol. The summed E-state index contributed by atoms with van der Waals surface area (Å²) in [6, 6.07) is -0.455. The van der Waals surface area contributed by atoms with E-state index in [-0.39, 0.29) is 0 Å². The van der Waals surface area contributed by atoms with Crippen LogP contribution in [0.4, 0.5) is 4.79 Å². The van der Waals surface area contributed by atoms with Crippen molar-refractivity contribution in [3.8, 4) is 0 Å². The Labute approximate surface area is 122 Å². The molecule has 0 aromatic carbocycles. The number of carbonyl (C=O) groups excluding carboxylic acids is 1. The molecule has 7 heteroatoms. The van der Waals surface area contributed by atoms with Crippen molar-refractivity contribution < 1.29 is 18.9 Å². The van der Waals surface area contributed by atoms with Crippen molar-refractivity contribution in [1.29, 1.82) is 0 Å². The number of nitrogens with one attached hydrogen (secondary N) is 2. The van der Waals surface area contributed by atoms with Gasteiger partial charge in [-0.25, -0.2) is 9.59 Å². The minimum Gasteiger partial charge on any atom is -0.480 e. The quantitative estimate of drug-likeness (QED) is 0.640. The second-order valence-corrected chi connectivity index (χ2v) is 7.16. The van der Waals surface area contributed by atoms with Crippen molar-refractivity contribution in [2.24, 2.45) is 5.92 Å². The van der Waals surface area contributed by atoms with Crippen LogP contribution in [-0.2, 0) is 15.6 Å². The Kier molecular flexibility index (Phi) is 6.45. The van der Waals surface area contributed by atoms with Crippen molar-refractivity contribution >= 4 is 22.8 Å². The molecule has 0 radical (unpaired) electrons. The molecule has 0 aromatic heterocycles. The Bertz CT molecular complexity index is 389. The number of urea groups is 1. The molecule has 0 heterocycles. The molecule has 0 spiro atoms. The first-order valence-corrected chi connectivity index (χ1v) is 8.68. The number of aliphatic carboxylic acids is 1. The summed E-state index contributed by atoms with van der Waals surface area (Å²) in [6.07, 6.45) is 4.98. The number of hydrogen-bond donors (Lipinski definition) is 3. The molecule has 3 atom stereocenters. The second-order valence-electron chi connectivity index (χ2n) is 5.60. The van der Waals surface area contributed by atoms with E-state index in [1.807, 2.05) is 6.92 Å². The van der Waals surface area contributed by atoms with Gasteiger partial charge in [0.1, 0.15) is 5.54 Å². The van der Waals surface area contributed by atoms with Gasteiger partial charge in [0.05, 0.1) is 0 Å². The smallest absolute Gasteiger partial charge is 0.329 e. The van der Waals surface area contributed by atoms with Crippen LogP contribution >= 0.6 is 0 Å². The van der Waals surface area contributed by atoms with E-state index >= 15 is 0 Å². The molecule has 116 valence electrons. The summed E-state index contributed by atoms with van der Waals surface area (Å²) >= 11 is 0. The van der Waals surface area contributed by atoms with Gasteiger partial charge in [-0.15, -0.1) is 0 Å². The van der Waals surface area contributed by atoms with Crippen LogP contribution in [0.25, 0.3) is 0 Å². The highest BCUT2D eigenvalue weighted by atomic mass is 32.2. The third-order valence-corrected chi connectivity index (χ3v) is 4.52. The van der Waals surface area contributed by atoms with E-state index in [0.717, 1.165) is 12.8 Å². The molecule has 1 aliphatic rings. The third-order valence-electron chi connectivity index (χ3n) is 3.65. The molecule has 1 saturated carbocycles. The fourth-order valence-corrected chi connectivity index (χ4v) is 3.20. The van der Waals surface area contributed by atoms with Gasteiger partial charge in [-0.1, -0.05) is 19.8 Å². The summed E-state index contributed by atoms with van der Waals surface area (Å²) in [5.41, 5.74) is -1.14. The van der Waals surface area contributed by atoms with Crippen LogP contribution in [0.1, 0.15) is 39.0 Å². The number of carboxylic acid groups (broad SMARTS) is 1. The van der Waals surface area contributed by atoms with Crippen LogP contribution in [0.3, 0.4) is 0 Å². The molecule has 1 fully saturated rings. The lowest BCUT2D eigenvalue weighted by molar-refractivity contribution is -0.146. The third kappa shape index (κ3) is 5.11. The van der Waals surface area contributed by atoms with Crippen LogP contribution in [-0.4, -0.2) is 45.4 Å². The van der Waals surface area contributed by atoms with Crippen molar-refractivity contribution in [2.75, 3.05) is 18.6 Å². The Hall–Kier alpha value is -1.11. The number of amides is 2. The standard InChI is InChI=1S/C13H24N2O4S/c1-10-5-3-6-13(9-10,11(16)17)15-12(18)14-7-4-8-20(2)19/h10H,3-9H2,1-2H3,(H,16,17)(H2,14,15,18). The first-order chi connectivity index (χ1) is 9.35. The van der Waals surface area contributed by atoms with Crippen LogP contribution in [0.5, 0.6) is 0 Å². The van der Waals surface area contributed by atoms with E-state index in [1.54, 1.807) is 6.26 Å². The summed E-state index contributed by atoms with van der Waals surface area (Å²) in [6.45, 7) is 2.41. The van der Waals surface area contributed by atoms with E-state index in [9.17, 15) is 18.9 Å². The summed E-state index contributed by atoms with van der Waals surface area (Å²) in [5.74, 6) is -0.141. The topological polar surface area (TPSA) is 95.5 Å². The molecule has 2 amide bonds. The predicted molar refractivity (Wildman–Crippen MR) is 78.1 cm³/mol. The van der Waals surface area contributed by atoms with E-state index in [2.05, 4.69) is 10.6 Å². The number of rotatable bonds is 6. The van der Waals surface area contributed by atoms with E-state index < -0.39 is 28.3 Å². The van der Waals surface area contributed by atoms with Gasteiger partial charge in [0, 0.05) is 29.4 Å². The van der Waals surface area contributed by atoms with Crippen LogP contribution in [0.2, 0.25) is 0 Å². The molecule has 0 aliphatic heterocycles. The molecule has 20 heavy (non-hydrogen) atoms. The summed E-state index contributed by atoms with van der Waals surface area (Å²) < 4.78 is 10.9. The zero-order valence-electron chi connectivity index (χ0n) is 12.1. The van der Waals surface area contributed by atoms with Crippen LogP contribution in [0, 0.1) is 5.92 Å². The Morgan fingerprint density at radius 2 is 2.15 bits per heavy atom. The van der Waals surface area contributed by atoms with Gasteiger partial charge in [-0.2, -0.15) is 0 Å². The number of carbonyl (C=O) groups is 2. The fraction of sp³-hybridized carbons (Fsp3) is 0.846. The number of carboxylic acids is 1. The number of hydrogen-bond acceptors (Lipinski definition) is 3. The highest BCUT2D eigenvalue weighted by molar-refractivity contribution is 7.84. The summed E-state index contributed by atoms with van der Waals surface area (Å²) in [4.78, 5) is 23.3. The van der Waals surface area contributed by atoms with E-state index in [0.29, 0.717) is 37.5 Å². The van der Waals surface area contributed by atoms with Crippen LogP contribution in [0.15, 0.2) is 0 Å². The highest BCUT2D eigenvalue weighted by Crippen LogP contribution is 2.32. The lowest BCUT2D eigenvalue weighted by Crippen LogP contribution is -2.59. The van der Waals surface area contributed by atoms with Crippen molar-refractivity contribution in [2.45, 2.75) is 44.6 Å². The molecule has 0 bridgehead atoms. The lowest BCUT2D eigenvalue weighted by atomic mass is 9.76. The maximum absolute atomic E-state index is 11.8. The van der Waals surface area contributed by atoms with Gasteiger partial charge in [-0.05, 0) is 25.2 Å². The minimum absolute atomic E-state index is 0.294. The Morgan fingerprint density at radius 3 is 2.70 bits per heavy atom. The average molecular weight is 304 g/mol. The van der Waals surface area contributed by atoms with Gasteiger partial charge in [0.25, 0.3) is 0 Å². The average Bonchev–Trinajstić information content (AvgIpc) is 2.34. The molecule has 1 aliphatic carbocycles. The van der Waals surface area contributed by atoms with Crippen molar-refractivity contribution in [3.05, 3.63) is 0 Å². The summed E-state index contributed by atoms with van der Waals surface area (Å²) in [7, 11) is -0.873. The van der Waals surface area contributed by atoms with Crippen molar-refractivity contribution in [3.63, 3.8) is 0 Å². The summed E-state index contributed by atoms with van der Waals surface area (Å²) in [5, 5.41) is 14.7. The normalized spacial score (nSPS) is 27.6. The monoisotopic (exact) mass is 304 g/mol.